The van der Waals surface area contributed by atoms with Gasteiger partial charge in [-0.25, -0.2) is 14.1 Å². The molecule has 1 N–H and O–H groups in total. The number of nitriles is 1. The molecule has 2 aromatic rings. The van der Waals surface area contributed by atoms with Crippen molar-refractivity contribution in [2.45, 2.75) is 26.8 Å². The van der Waals surface area contributed by atoms with E-state index in [9.17, 15) is 4.39 Å². The number of hydrogen-bond donors (Lipinski definition) is 1. The van der Waals surface area contributed by atoms with Gasteiger partial charge in [0.15, 0.2) is 0 Å². The van der Waals surface area contributed by atoms with Gasteiger partial charge in [-0.3, -0.25) is 0 Å². The molecular formula is C14H16FN5. The lowest BCUT2D eigenvalue weighted by Crippen LogP contribution is -2.20. The lowest BCUT2D eigenvalue weighted by Gasteiger charge is -2.18. The standard InChI is InChI=1S/C14H16FN5/c1-4-17-10(3)11-6-12(15)9(2)5-13(11)20-8-18-14(7-16)19-20/h5-6,8,10,17H,4H2,1-3H3. The molecule has 6 heteroatoms. The lowest BCUT2D eigenvalue weighted by molar-refractivity contribution is 0.575. The molecule has 104 valence electrons. The van der Waals surface area contributed by atoms with Gasteiger partial charge in [0, 0.05) is 6.04 Å². The van der Waals surface area contributed by atoms with Crippen molar-refractivity contribution in [1.29, 1.82) is 5.26 Å². The van der Waals surface area contributed by atoms with Gasteiger partial charge < -0.3 is 5.32 Å². The van der Waals surface area contributed by atoms with E-state index >= 15 is 0 Å². The minimum absolute atomic E-state index is 0.0279. The molecule has 1 aromatic heterocycles. The van der Waals surface area contributed by atoms with Crippen molar-refractivity contribution >= 4 is 0 Å². The zero-order valence-corrected chi connectivity index (χ0v) is 11.7. The Morgan fingerprint density at radius 1 is 1.50 bits per heavy atom. The third kappa shape index (κ3) is 2.68. The van der Waals surface area contributed by atoms with Gasteiger partial charge >= 0.3 is 0 Å². The summed E-state index contributed by atoms with van der Waals surface area (Å²) in [5.74, 6) is -0.164. The van der Waals surface area contributed by atoms with Crippen LogP contribution in [-0.2, 0) is 0 Å². The van der Waals surface area contributed by atoms with Gasteiger partial charge in [0.25, 0.3) is 5.82 Å². The second-order valence-electron chi connectivity index (χ2n) is 4.56. The third-order valence-corrected chi connectivity index (χ3v) is 3.12. The van der Waals surface area contributed by atoms with Crippen LogP contribution < -0.4 is 5.32 Å². The fourth-order valence-corrected chi connectivity index (χ4v) is 2.07. The summed E-state index contributed by atoms with van der Waals surface area (Å²) in [5, 5.41) is 16.1. The highest BCUT2D eigenvalue weighted by Gasteiger charge is 2.15. The molecule has 0 amide bonds. The van der Waals surface area contributed by atoms with E-state index in [2.05, 4.69) is 15.4 Å². The molecule has 0 aliphatic heterocycles. The minimum atomic E-state index is -0.255. The molecule has 0 aliphatic carbocycles. The van der Waals surface area contributed by atoms with Crippen LogP contribution in [0.3, 0.4) is 0 Å². The molecule has 20 heavy (non-hydrogen) atoms. The number of nitrogens with zero attached hydrogens (tertiary/aromatic N) is 4. The Hall–Kier alpha value is -2.26. The fourth-order valence-electron chi connectivity index (χ4n) is 2.07. The Labute approximate surface area is 117 Å². The second kappa shape index (κ2) is 5.80. The van der Waals surface area contributed by atoms with Gasteiger partial charge in [0.1, 0.15) is 18.2 Å². The van der Waals surface area contributed by atoms with Crippen LogP contribution >= 0.6 is 0 Å². The van der Waals surface area contributed by atoms with E-state index in [0.29, 0.717) is 5.56 Å². The molecule has 1 atom stereocenters. The zero-order chi connectivity index (χ0) is 14.7. The van der Waals surface area contributed by atoms with Crippen LogP contribution in [0.5, 0.6) is 0 Å². The normalized spacial score (nSPS) is 12.2. The van der Waals surface area contributed by atoms with Crippen LogP contribution in [0.2, 0.25) is 0 Å². The molecule has 0 fully saturated rings. The first-order valence-corrected chi connectivity index (χ1v) is 6.42. The van der Waals surface area contributed by atoms with E-state index in [1.165, 1.54) is 17.1 Å². The van der Waals surface area contributed by atoms with E-state index in [1.54, 1.807) is 13.0 Å². The van der Waals surface area contributed by atoms with Crippen molar-refractivity contribution < 1.29 is 4.39 Å². The molecule has 0 radical (unpaired) electrons. The third-order valence-electron chi connectivity index (χ3n) is 3.12. The van der Waals surface area contributed by atoms with Crippen LogP contribution in [0.4, 0.5) is 4.39 Å². The number of nitrogens with one attached hydrogen (secondary N) is 1. The van der Waals surface area contributed by atoms with Crippen molar-refractivity contribution in [1.82, 2.24) is 20.1 Å². The number of rotatable bonds is 4. The first-order chi connectivity index (χ1) is 9.56. The first-order valence-electron chi connectivity index (χ1n) is 6.42. The van der Waals surface area contributed by atoms with Crippen LogP contribution in [0.25, 0.3) is 5.69 Å². The van der Waals surface area contributed by atoms with Gasteiger partial charge in [0.2, 0.25) is 0 Å². The minimum Gasteiger partial charge on any atom is -0.310 e. The SMILES string of the molecule is CCNC(C)c1cc(F)c(C)cc1-n1cnc(C#N)n1. The number of aromatic nitrogens is 3. The van der Waals surface area contributed by atoms with Crippen molar-refractivity contribution in [3.05, 3.63) is 41.2 Å². The van der Waals surface area contributed by atoms with Crippen LogP contribution in [0.15, 0.2) is 18.5 Å². The number of halogens is 1. The summed E-state index contributed by atoms with van der Waals surface area (Å²) in [6.07, 6.45) is 1.47. The Bertz CT molecular complexity index is 656. The Morgan fingerprint density at radius 3 is 2.85 bits per heavy atom. The van der Waals surface area contributed by atoms with E-state index < -0.39 is 0 Å². The fraction of sp³-hybridized carbons (Fsp3) is 0.357. The Kier molecular flexibility index (Phi) is 4.11. The number of hydrogen-bond acceptors (Lipinski definition) is 4. The summed E-state index contributed by atoms with van der Waals surface area (Å²) in [7, 11) is 0. The smallest absolute Gasteiger partial charge is 0.252 e. The van der Waals surface area contributed by atoms with E-state index in [4.69, 9.17) is 5.26 Å². The predicted octanol–water partition coefficient (Wildman–Crippen LogP) is 2.26. The summed E-state index contributed by atoms with van der Waals surface area (Å²) >= 11 is 0. The summed E-state index contributed by atoms with van der Waals surface area (Å²) in [6, 6.07) is 5.08. The molecular weight excluding hydrogens is 257 g/mol. The topological polar surface area (TPSA) is 66.5 Å². The second-order valence-corrected chi connectivity index (χ2v) is 4.56. The molecule has 5 nitrogen and oxygen atoms in total. The summed E-state index contributed by atoms with van der Waals surface area (Å²) in [6.45, 7) is 6.42. The summed E-state index contributed by atoms with van der Waals surface area (Å²) < 4.78 is 15.3. The maximum absolute atomic E-state index is 13.8. The van der Waals surface area contributed by atoms with Crippen molar-refractivity contribution in [2.75, 3.05) is 6.54 Å². The highest BCUT2D eigenvalue weighted by molar-refractivity contribution is 5.45. The van der Waals surface area contributed by atoms with E-state index in [-0.39, 0.29) is 17.7 Å². The monoisotopic (exact) mass is 273 g/mol. The highest BCUT2D eigenvalue weighted by Crippen LogP contribution is 2.24. The molecule has 0 bridgehead atoms. The quantitative estimate of drug-likeness (QED) is 0.927. The van der Waals surface area contributed by atoms with Crippen LogP contribution in [0.1, 0.15) is 36.8 Å². The molecule has 0 saturated heterocycles. The summed E-state index contributed by atoms with van der Waals surface area (Å²) in [4.78, 5) is 3.89. The lowest BCUT2D eigenvalue weighted by atomic mass is 10.0. The average Bonchev–Trinajstić information content (AvgIpc) is 2.90. The van der Waals surface area contributed by atoms with Gasteiger partial charge in [-0.2, -0.15) is 5.26 Å². The zero-order valence-electron chi connectivity index (χ0n) is 11.7. The first kappa shape index (κ1) is 14.2. The summed E-state index contributed by atoms with van der Waals surface area (Å²) in [5.41, 5.74) is 2.04. The molecule has 0 aliphatic rings. The van der Waals surface area contributed by atoms with Crippen molar-refractivity contribution in [3.63, 3.8) is 0 Å². The largest absolute Gasteiger partial charge is 0.310 e. The maximum Gasteiger partial charge on any atom is 0.252 e. The molecule has 0 spiro atoms. The molecule has 2 rings (SSSR count). The van der Waals surface area contributed by atoms with Gasteiger partial charge in [-0.15, -0.1) is 5.10 Å². The molecule has 1 aromatic carbocycles. The average molecular weight is 273 g/mol. The number of aryl methyl sites for hydroxylation is 1. The molecule has 1 heterocycles. The van der Waals surface area contributed by atoms with Crippen LogP contribution in [0, 0.1) is 24.1 Å². The van der Waals surface area contributed by atoms with Crippen LogP contribution in [-0.4, -0.2) is 21.3 Å². The Morgan fingerprint density at radius 2 is 2.25 bits per heavy atom. The maximum atomic E-state index is 13.8. The van der Waals surface area contributed by atoms with E-state index in [1.807, 2.05) is 19.9 Å². The van der Waals surface area contributed by atoms with Gasteiger partial charge in [-0.05, 0) is 43.7 Å². The van der Waals surface area contributed by atoms with Gasteiger partial charge in [0.05, 0.1) is 5.69 Å². The van der Waals surface area contributed by atoms with Crippen molar-refractivity contribution in [2.24, 2.45) is 0 Å². The molecule has 0 saturated carbocycles. The highest BCUT2D eigenvalue weighted by atomic mass is 19.1. The molecule has 1 unspecified atom stereocenters. The van der Waals surface area contributed by atoms with Crippen molar-refractivity contribution in [3.8, 4) is 11.8 Å². The predicted molar refractivity (Wildman–Crippen MR) is 72.9 cm³/mol. The number of benzene rings is 1. The van der Waals surface area contributed by atoms with Gasteiger partial charge in [-0.1, -0.05) is 6.92 Å². The van der Waals surface area contributed by atoms with E-state index in [0.717, 1.165) is 17.8 Å². The Balaban J connectivity index is 2.55.